The lowest BCUT2D eigenvalue weighted by Crippen LogP contribution is -2.25. The first kappa shape index (κ1) is 11.0. The van der Waals surface area contributed by atoms with Crippen LogP contribution in [0.15, 0.2) is 18.2 Å². The topological polar surface area (TPSA) is 83.5 Å². The number of carboxylic acid groups (broad SMARTS) is 1. The fourth-order valence-corrected chi connectivity index (χ4v) is 2.31. The number of carbonyl (C=O) groups excluding carboxylic acids is 2. The summed E-state index contributed by atoms with van der Waals surface area (Å²) in [4.78, 5) is 34.5. The van der Waals surface area contributed by atoms with Gasteiger partial charge in [0.05, 0.1) is 6.42 Å². The van der Waals surface area contributed by atoms with Crippen molar-refractivity contribution in [2.75, 3.05) is 5.32 Å². The summed E-state index contributed by atoms with van der Waals surface area (Å²) >= 11 is 0. The van der Waals surface area contributed by atoms with Gasteiger partial charge in [-0.15, -0.1) is 0 Å². The lowest BCUT2D eigenvalue weighted by atomic mass is 9.93. The molecule has 92 valence electrons. The van der Waals surface area contributed by atoms with Gasteiger partial charge in [-0.25, -0.2) is 0 Å². The molecule has 3 rings (SSSR count). The molecule has 1 fully saturated rings. The maximum absolute atomic E-state index is 12.2. The van der Waals surface area contributed by atoms with Gasteiger partial charge in [0, 0.05) is 11.3 Å². The normalized spacial score (nSPS) is 19.0. The molecular weight excluding hydrogens is 234 g/mol. The van der Waals surface area contributed by atoms with Crippen LogP contribution in [0.25, 0.3) is 0 Å². The number of nitrogens with one attached hydrogen (secondary N) is 1. The maximum atomic E-state index is 12.2. The number of rotatable bonds is 3. The number of amides is 1. The van der Waals surface area contributed by atoms with Gasteiger partial charge in [-0.05, 0) is 36.6 Å². The van der Waals surface area contributed by atoms with E-state index in [9.17, 15) is 14.4 Å². The van der Waals surface area contributed by atoms with Crippen LogP contribution in [-0.2, 0) is 16.0 Å². The highest BCUT2D eigenvalue weighted by Gasteiger charge is 2.56. The number of fused-ring (bicyclic) bond motifs is 1. The molecule has 0 aromatic heterocycles. The SMILES string of the molecule is O=C1Cc2cc(C(=O)C3(C(=O)O)CC3)ccc2N1. The zero-order chi connectivity index (χ0) is 12.9. The summed E-state index contributed by atoms with van der Waals surface area (Å²) in [5, 5.41) is 11.8. The number of carbonyl (C=O) groups is 3. The number of carboxylic acids is 1. The standard InChI is InChI=1S/C13H11NO4/c15-10-6-8-5-7(1-2-9(8)14-10)11(16)13(3-4-13)12(17)18/h1-2,5H,3-4,6H2,(H,14,15)(H,17,18). The molecule has 1 saturated carbocycles. The molecule has 1 aromatic carbocycles. The van der Waals surface area contributed by atoms with Crippen LogP contribution in [0.4, 0.5) is 5.69 Å². The third-order valence-corrected chi connectivity index (χ3v) is 3.59. The van der Waals surface area contributed by atoms with Crippen LogP contribution < -0.4 is 5.32 Å². The zero-order valence-corrected chi connectivity index (χ0v) is 9.53. The number of hydrogen-bond donors (Lipinski definition) is 2. The van der Waals surface area contributed by atoms with Crippen LogP contribution in [0, 0.1) is 5.41 Å². The summed E-state index contributed by atoms with van der Waals surface area (Å²) < 4.78 is 0. The number of Topliss-reactive ketones (excluding diaryl/α,β-unsaturated/α-hetero) is 1. The molecule has 5 nitrogen and oxygen atoms in total. The highest BCUT2D eigenvalue weighted by atomic mass is 16.4. The summed E-state index contributed by atoms with van der Waals surface area (Å²) in [6.07, 6.45) is 1.04. The third-order valence-electron chi connectivity index (χ3n) is 3.59. The molecule has 1 aliphatic heterocycles. The Balaban J connectivity index is 1.95. The van der Waals surface area contributed by atoms with Crippen molar-refractivity contribution in [3.8, 4) is 0 Å². The van der Waals surface area contributed by atoms with Crippen LogP contribution in [0.5, 0.6) is 0 Å². The Morgan fingerprint density at radius 1 is 1.28 bits per heavy atom. The first-order valence-electron chi connectivity index (χ1n) is 5.74. The van der Waals surface area contributed by atoms with Gasteiger partial charge in [0.25, 0.3) is 0 Å². The monoisotopic (exact) mass is 245 g/mol. The van der Waals surface area contributed by atoms with E-state index in [1.165, 1.54) is 0 Å². The first-order chi connectivity index (χ1) is 8.53. The van der Waals surface area contributed by atoms with Crippen molar-refractivity contribution in [1.82, 2.24) is 0 Å². The number of hydrogen-bond acceptors (Lipinski definition) is 3. The Morgan fingerprint density at radius 2 is 2.00 bits per heavy atom. The Hall–Kier alpha value is -2.17. The van der Waals surface area contributed by atoms with Gasteiger partial charge in [-0.3, -0.25) is 14.4 Å². The fourth-order valence-electron chi connectivity index (χ4n) is 2.31. The van der Waals surface area contributed by atoms with E-state index in [-0.39, 0.29) is 18.1 Å². The van der Waals surface area contributed by atoms with Gasteiger partial charge in [-0.1, -0.05) is 0 Å². The van der Waals surface area contributed by atoms with Gasteiger partial charge in [-0.2, -0.15) is 0 Å². The average molecular weight is 245 g/mol. The molecule has 18 heavy (non-hydrogen) atoms. The van der Waals surface area contributed by atoms with E-state index in [1.54, 1.807) is 18.2 Å². The molecule has 0 spiro atoms. The fraction of sp³-hybridized carbons (Fsp3) is 0.308. The summed E-state index contributed by atoms with van der Waals surface area (Å²) in [6, 6.07) is 4.86. The van der Waals surface area contributed by atoms with Gasteiger partial charge in [0.1, 0.15) is 5.41 Å². The van der Waals surface area contributed by atoms with Crippen molar-refractivity contribution >= 4 is 23.3 Å². The minimum atomic E-state index is -1.22. The van der Waals surface area contributed by atoms with Crippen molar-refractivity contribution in [1.29, 1.82) is 0 Å². The van der Waals surface area contributed by atoms with Crippen molar-refractivity contribution in [3.05, 3.63) is 29.3 Å². The van der Waals surface area contributed by atoms with Crippen LogP contribution in [0.1, 0.15) is 28.8 Å². The van der Waals surface area contributed by atoms with Crippen molar-refractivity contribution in [2.45, 2.75) is 19.3 Å². The Bertz CT molecular complexity index is 587. The number of aliphatic carboxylic acids is 1. The summed E-state index contributed by atoms with van der Waals surface area (Å²) in [5.74, 6) is -1.51. The molecule has 2 N–H and O–H groups in total. The molecule has 0 bridgehead atoms. The average Bonchev–Trinajstić information content (AvgIpc) is 3.05. The molecule has 1 amide bonds. The van der Waals surface area contributed by atoms with Gasteiger partial charge < -0.3 is 10.4 Å². The van der Waals surface area contributed by atoms with E-state index in [0.717, 1.165) is 5.56 Å². The number of anilines is 1. The number of benzene rings is 1. The lowest BCUT2D eigenvalue weighted by Gasteiger charge is -2.09. The second-order valence-electron chi connectivity index (χ2n) is 4.81. The highest BCUT2D eigenvalue weighted by Crippen LogP contribution is 2.48. The molecule has 0 atom stereocenters. The predicted octanol–water partition coefficient (Wildman–Crippen LogP) is 1.23. The largest absolute Gasteiger partial charge is 0.480 e. The third kappa shape index (κ3) is 1.44. The van der Waals surface area contributed by atoms with Crippen LogP contribution in [0.2, 0.25) is 0 Å². The molecule has 2 aliphatic rings. The Labute approximate surface area is 103 Å². The summed E-state index contributed by atoms with van der Waals surface area (Å²) in [6.45, 7) is 0. The molecular formula is C13H11NO4. The van der Waals surface area contributed by atoms with E-state index in [2.05, 4.69) is 5.32 Å². The summed E-state index contributed by atoms with van der Waals surface area (Å²) in [5.41, 5.74) is 0.624. The van der Waals surface area contributed by atoms with Crippen molar-refractivity contribution in [3.63, 3.8) is 0 Å². The minimum absolute atomic E-state index is 0.103. The highest BCUT2D eigenvalue weighted by molar-refractivity contribution is 6.15. The lowest BCUT2D eigenvalue weighted by molar-refractivity contribution is -0.141. The molecule has 5 heteroatoms. The smallest absolute Gasteiger partial charge is 0.317 e. The molecule has 0 unspecified atom stereocenters. The van der Waals surface area contributed by atoms with Crippen molar-refractivity contribution in [2.24, 2.45) is 5.41 Å². The van der Waals surface area contributed by atoms with Gasteiger partial charge in [0.15, 0.2) is 5.78 Å². The molecule has 1 aliphatic carbocycles. The van der Waals surface area contributed by atoms with Gasteiger partial charge in [0.2, 0.25) is 5.91 Å². The van der Waals surface area contributed by atoms with Gasteiger partial charge >= 0.3 is 5.97 Å². The van der Waals surface area contributed by atoms with Crippen LogP contribution in [0.3, 0.4) is 0 Å². The molecule has 1 heterocycles. The molecule has 1 aromatic rings. The van der Waals surface area contributed by atoms with Crippen LogP contribution >= 0.6 is 0 Å². The Kier molecular flexibility index (Phi) is 2.08. The zero-order valence-electron chi connectivity index (χ0n) is 9.53. The van der Waals surface area contributed by atoms with E-state index in [0.29, 0.717) is 24.1 Å². The maximum Gasteiger partial charge on any atom is 0.317 e. The second-order valence-corrected chi connectivity index (χ2v) is 4.81. The first-order valence-corrected chi connectivity index (χ1v) is 5.74. The minimum Gasteiger partial charge on any atom is -0.480 e. The van der Waals surface area contributed by atoms with E-state index < -0.39 is 11.4 Å². The summed E-state index contributed by atoms with van der Waals surface area (Å²) in [7, 11) is 0. The van der Waals surface area contributed by atoms with E-state index in [1.807, 2.05) is 0 Å². The molecule has 0 radical (unpaired) electrons. The van der Waals surface area contributed by atoms with Crippen molar-refractivity contribution < 1.29 is 19.5 Å². The Morgan fingerprint density at radius 3 is 2.61 bits per heavy atom. The van der Waals surface area contributed by atoms with E-state index >= 15 is 0 Å². The van der Waals surface area contributed by atoms with Crippen LogP contribution in [-0.4, -0.2) is 22.8 Å². The van der Waals surface area contributed by atoms with E-state index in [4.69, 9.17) is 5.11 Å². The number of ketones is 1. The predicted molar refractivity (Wildman–Crippen MR) is 62.4 cm³/mol. The molecule has 0 saturated heterocycles. The quantitative estimate of drug-likeness (QED) is 0.619. The second kappa shape index (κ2) is 3.41.